The molecule has 0 spiro atoms. The maximum Gasteiger partial charge on any atom is 0.266 e. The zero-order chi connectivity index (χ0) is 27.8. The highest BCUT2D eigenvalue weighted by Gasteiger charge is 2.21. The lowest BCUT2D eigenvalue weighted by Crippen LogP contribution is -2.15. The predicted molar refractivity (Wildman–Crippen MR) is 158 cm³/mol. The van der Waals surface area contributed by atoms with E-state index in [0.29, 0.717) is 31.8 Å². The van der Waals surface area contributed by atoms with E-state index < -0.39 is 0 Å². The lowest BCUT2D eigenvalue weighted by Gasteiger charge is -2.08. The third kappa shape index (κ3) is 7.71. The first-order chi connectivity index (χ1) is 18.8. The number of nitrogens with zero attached hydrogens (tertiary/aromatic N) is 1. The maximum absolute atomic E-state index is 12.8. The minimum atomic E-state index is -0.343. The molecule has 39 heavy (non-hydrogen) atoms. The van der Waals surface area contributed by atoms with E-state index in [-0.39, 0.29) is 35.5 Å². The third-order valence-electron chi connectivity index (χ3n) is 5.52. The SMILES string of the molecule is Cc1c(C(=O)Nc2ccccc2)sc(NC(=O)CSc2cccc(NC(=O)Cc3ccc(Cl)cc3)c2)c1C#N. The van der Waals surface area contributed by atoms with E-state index in [0.717, 1.165) is 21.8 Å². The second-order valence-electron chi connectivity index (χ2n) is 8.41. The van der Waals surface area contributed by atoms with Crippen molar-refractivity contribution in [3.8, 4) is 6.07 Å². The van der Waals surface area contributed by atoms with Crippen LogP contribution in [0.3, 0.4) is 0 Å². The zero-order valence-corrected chi connectivity index (χ0v) is 23.2. The van der Waals surface area contributed by atoms with Crippen LogP contribution in [0.4, 0.5) is 16.4 Å². The molecule has 4 rings (SSSR count). The van der Waals surface area contributed by atoms with E-state index in [1.807, 2.05) is 24.3 Å². The van der Waals surface area contributed by atoms with Crippen LogP contribution in [0, 0.1) is 18.3 Å². The molecule has 7 nitrogen and oxygen atoms in total. The van der Waals surface area contributed by atoms with Crippen molar-refractivity contribution in [1.29, 1.82) is 5.26 Å². The second-order valence-corrected chi connectivity index (χ2v) is 10.9. The van der Waals surface area contributed by atoms with Crippen molar-refractivity contribution in [2.75, 3.05) is 21.7 Å². The summed E-state index contributed by atoms with van der Waals surface area (Å²) in [5.41, 5.74) is 2.89. The normalized spacial score (nSPS) is 10.4. The van der Waals surface area contributed by atoms with Crippen LogP contribution in [0.1, 0.15) is 26.4 Å². The third-order valence-corrected chi connectivity index (χ3v) is 7.97. The summed E-state index contributed by atoms with van der Waals surface area (Å²) in [6, 6.07) is 25.4. The number of nitriles is 1. The first kappa shape index (κ1) is 27.9. The fraction of sp³-hybridized carbons (Fsp3) is 0.103. The van der Waals surface area contributed by atoms with Crippen LogP contribution >= 0.6 is 34.7 Å². The number of nitrogens with one attached hydrogen (secondary N) is 3. The summed E-state index contributed by atoms with van der Waals surface area (Å²) in [6.07, 6.45) is 0.212. The molecule has 0 saturated carbocycles. The molecule has 0 atom stereocenters. The van der Waals surface area contributed by atoms with Crippen molar-refractivity contribution in [3.05, 3.63) is 105 Å². The number of hydrogen-bond donors (Lipinski definition) is 3. The van der Waals surface area contributed by atoms with Crippen LogP contribution in [0.5, 0.6) is 0 Å². The second kappa shape index (κ2) is 13.1. The van der Waals surface area contributed by atoms with Gasteiger partial charge < -0.3 is 16.0 Å². The Kier molecular flexibility index (Phi) is 9.39. The Balaban J connectivity index is 1.34. The molecule has 3 aromatic carbocycles. The number of anilines is 3. The largest absolute Gasteiger partial charge is 0.326 e. The zero-order valence-electron chi connectivity index (χ0n) is 20.8. The molecule has 1 aromatic heterocycles. The Morgan fingerprint density at radius 3 is 2.33 bits per heavy atom. The molecule has 0 radical (unpaired) electrons. The minimum Gasteiger partial charge on any atom is -0.326 e. The lowest BCUT2D eigenvalue weighted by molar-refractivity contribution is -0.115. The molecule has 0 saturated heterocycles. The molecule has 0 unspecified atom stereocenters. The van der Waals surface area contributed by atoms with Gasteiger partial charge in [0.05, 0.1) is 22.6 Å². The Bertz CT molecular complexity index is 1550. The summed E-state index contributed by atoms with van der Waals surface area (Å²) < 4.78 is 0. The summed E-state index contributed by atoms with van der Waals surface area (Å²) >= 11 is 8.25. The quantitative estimate of drug-likeness (QED) is 0.192. The highest BCUT2D eigenvalue weighted by atomic mass is 35.5. The fourth-order valence-electron chi connectivity index (χ4n) is 3.63. The van der Waals surface area contributed by atoms with Crippen molar-refractivity contribution in [3.63, 3.8) is 0 Å². The number of halogens is 1. The van der Waals surface area contributed by atoms with Gasteiger partial charge >= 0.3 is 0 Å². The van der Waals surface area contributed by atoms with Gasteiger partial charge in [-0.15, -0.1) is 23.1 Å². The number of benzene rings is 3. The molecule has 10 heteroatoms. The predicted octanol–water partition coefficient (Wildman–Crippen LogP) is 6.75. The van der Waals surface area contributed by atoms with E-state index in [1.54, 1.807) is 61.5 Å². The standard InChI is InChI=1S/C29H23ClN4O3S2/c1-18-24(16-31)29(39-27(18)28(37)33-21-6-3-2-4-7-21)34-26(36)17-38-23-9-5-8-22(15-23)32-25(35)14-19-10-12-20(30)13-11-19/h2-13,15H,14,17H2,1H3,(H,32,35)(H,33,37)(H,34,36). The Labute approximate surface area is 239 Å². The topological polar surface area (TPSA) is 111 Å². The van der Waals surface area contributed by atoms with Gasteiger partial charge in [-0.05, 0) is 60.5 Å². The number of carbonyl (C=O) groups is 3. The number of thioether (sulfide) groups is 1. The van der Waals surface area contributed by atoms with Gasteiger partial charge in [-0.2, -0.15) is 5.26 Å². The first-order valence-electron chi connectivity index (χ1n) is 11.8. The molecule has 4 aromatic rings. The van der Waals surface area contributed by atoms with Gasteiger partial charge in [0.1, 0.15) is 11.1 Å². The van der Waals surface area contributed by atoms with Gasteiger partial charge in [-0.25, -0.2) is 0 Å². The fourth-order valence-corrected chi connectivity index (χ4v) is 5.58. The average molecular weight is 575 g/mol. The molecule has 0 aliphatic carbocycles. The minimum absolute atomic E-state index is 0.0789. The number of para-hydroxylation sites is 1. The van der Waals surface area contributed by atoms with Gasteiger partial charge in [-0.3, -0.25) is 14.4 Å². The van der Waals surface area contributed by atoms with Crippen LogP contribution < -0.4 is 16.0 Å². The van der Waals surface area contributed by atoms with Crippen LogP contribution in [-0.2, 0) is 16.0 Å². The molecule has 0 bridgehead atoms. The average Bonchev–Trinajstić information content (AvgIpc) is 3.24. The highest BCUT2D eigenvalue weighted by Crippen LogP contribution is 2.33. The van der Waals surface area contributed by atoms with Crippen LogP contribution in [-0.4, -0.2) is 23.5 Å². The molecule has 3 amide bonds. The Morgan fingerprint density at radius 2 is 1.62 bits per heavy atom. The molecule has 196 valence electrons. The van der Waals surface area contributed by atoms with E-state index in [9.17, 15) is 19.6 Å². The Hall–Kier alpha value is -4.10. The summed E-state index contributed by atoms with van der Waals surface area (Å²) in [6.45, 7) is 1.69. The van der Waals surface area contributed by atoms with E-state index >= 15 is 0 Å². The number of carbonyl (C=O) groups excluding carboxylic acids is 3. The first-order valence-corrected chi connectivity index (χ1v) is 14.0. The molecule has 0 aliphatic heterocycles. The number of thiophene rings is 1. The monoisotopic (exact) mass is 574 g/mol. The summed E-state index contributed by atoms with van der Waals surface area (Å²) in [5.74, 6) is -0.744. The summed E-state index contributed by atoms with van der Waals surface area (Å²) in [5, 5.41) is 19.0. The van der Waals surface area contributed by atoms with Gasteiger partial charge in [0.15, 0.2) is 0 Å². The van der Waals surface area contributed by atoms with E-state index in [1.165, 1.54) is 11.8 Å². The van der Waals surface area contributed by atoms with E-state index in [4.69, 9.17) is 11.6 Å². The van der Waals surface area contributed by atoms with Crippen LogP contribution in [0.25, 0.3) is 0 Å². The van der Waals surface area contributed by atoms with Crippen LogP contribution in [0.15, 0.2) is 83.8 Å². The number of amides is 3. The van der Waals surface area contributed by atoms with Crippen molar-refractivity contribution >= 4 is 68.8 Å². The molecule has 3 N–H and O–H groups in total. The molecular formula is C29H23ClN4O3S2. The number of rotatable bonds is 9. The van der Waals surface area contributed by atoms with Gasteiger partial charge in [0.2, 0.25) is 11.8 Å². The summed E-state index contributed by atoms with van der Waals surface area (Å²) in [7, 11) is 0. The molecule has 0 fully saturated rings. The van der Waals surface area contributed by atoms with Crippen LogP contribution in [0.2, 0.25) is 5.02 Å². The summed E-state index contributed by atoms with van der Waals surface area (Å²) in [4.78, 5) is 39.1. The van der Waals surface area contributed by atoms with Crippen molar-refractivity contribution in [1.82, 2.24) is 0 Å². The molecule has 1 heterocycles. The van der Waals surface area contributed by atoms with E-state index in [2.05, 4.69) is 22.0 Å². The smallest absolute Gasteiger partial charge is 0.266 e. The molecular weight excluding hydrogens is 552 g/mol. The van der Waals surface area contributed by atoms with Gasteiger partial charge in [0.25, 0.3) is 5.91 Å². The molecule has 0 aliphatic rings. The van der Waals surface area contributed by atoms with Crippen molar-refractivity contribution in [2.45, 2.75) is 18.2 Å². The maximum atomic E-state index is 12.8. The Morgan fingerprint density at radius 1 is 0.897 bits per heavy atom. The van der Waals surface area contributed by atoms with Gasteiger partial charge in [-0.1, -0.05) is 48.0 Å². The lowest BCUT2D eigenvalue weighted by atomic mass is 10.1. The van der Waals surface area contributed by atoms with Gasteiger partial charge in [0, 0.05) is 21.3 Å². The van der Waals surface area contributed by atoms with Crippen molar-refractivity contribution < 1.29 is 14.4 Å². The highest BCUT2D eigenvalue weighted by molar-refractivity contribution is 8.00. The number of hydrogen-bond acceptors (Lipinski definition) is 6. The van der Waals surface area contributed by atoms with Crippen molar-refractivity contribution in [2.24, 2.45) is 0 Å².